The van der Waals surface area contributed by atoms with Crippen LogP contribution in [0.4, 0.5) is 5.69 Å². The molecule has 1 aliphatic heterocycles. The van der Waals surface area contributed by atoms with Crippen LogP contribution in [0.2, 0.25) is 5.02 Å². The molecule has 1 heterocycles. The number of phenolic OH excluding ortho intramolecular Hbond substituents is 1. The Hall–Kier alpha value is -3.31. The summed E-state index contributed by atoms with van der Waals surface area (Å²) in [6.45, 7) is 1.76. The van der Waals surface area contributed by atoms with E-state index in [2.05, 4.69) is 10.4 Å². The molecule has 1 amide bonds. The van der Waals surface area contributed by atoms with Crippen LogP contribution in [-0.4, -0.2) is 21.7 Å². The summed E-state index contributed by atoms with van der Waals surface area (Å²) in [6.07, 6.45) is -0.526. The van der Waals surface area contributed by atoms with Crippen LogP contribution in [-0.2, 0) is 0 Å². The second-order valence-electron chi connectivity index (χ2n) is 6.50. The lowest BCUT2D eigenvalue weighted by molar-refractivity contribution is 0.0689. The molecule has 5 nitrogen and oxygen atoms in total. The van der Waals surface area contributed by atoms with Crippen LogP contribution in [0, 0.1) is 0 Å². The zero-order valence-corrected chi connectivity index (χ0v) is 15.9. The molecule has 3 aromatic rings. The molecule has 0 saturated heterocycles. The fourth-order valence-corrected chi connectivity index (χ4v) is 3.44. The van der Waals surface area contributed by atoms with Gasteiger partial charge in [0.2, 0.25) is 0 Å². The summed E-state index contributed by atoms with van der Waals surface area (Å²) in [4.78, 5) is 13.2. The molecule has 140 valence electrons. The van der Waals surface area contributed by atoms with Crippen molar-refractivity contribution < 1.29 is 9.90 Å². The minimum atomic E-state index is -0.526. The number of benzene rings is 3. The predicted octanol–water partition coefficient (Wildman–Crippen LogP) is 5.04. The van der Waals surface area contributed by atoms with Crippen molar-refractivity contribution in [2.45, 2.75) is 13.1 Å². The largest absolute Gasteiger partial charge is 0.507 e. The highest BCUT2D eigenvalue weighted by molar-refractivity contribution is 6.30. The summed E-state index contributed by atoms with van der Waals surface area (Å²) in [6, 6.07) is 21.5. The molecule has 0 aromatic heterocycles. The van der Waals surface area contributed by atoms with Gasteiger partial charge in [-0.3, -0.25) is 4.79 Å². The average Bonchev–Trinajstić information content (AvgIpc) is 2.70. The van der Waals surface area contributed by atoms with E-state index in [1.165, 1.54) is 5.01 Å². The van der Waals surface area contributed by atoms with Crippen LogP contribution in [0.3, 0.4) is 0 Å². The van der Waals surface area contributed by atoms with Crippen molar-refractivity contribution in [3.63, 3.8) is 0 Å². The molecule has 0 fully saturated rings. The van der Waals surface area contributed by atoms with Gasteiger partial charge < -0.3 is 10.4 Å². The molecule has 0 saturated carbocycles. The highest BCUT2D eigenvalue weighted by atomic mass is 35.5. The molecular weight excluding hydrogens is 374 g/mol. The number of carbonyl (C=O) groups excluding carboxylic acids is 1. The van der Waals surface area contributed by atoms with Gasteiger partial charge in [-0.15, -0.1) is 0 Å². The zero-order chi connectivity index (χ0) is 19.7. The molecule has 1 aliphatic rings. The van der Waals surface area contributed by atoms with Crippen molar-refractivity contribution in [2.24, 2.45) is 5.10 Å². The Kier molecular flexibility index (Phi) is 4.75. The number of hydrogen-bond acceptors (Lipinski definition) is 4. The summed E-state index contributed by atoms with van der Waals surface area (Å²) in [5.41, 5.74) is 3.18. The summed E-state index contributed by atoms with van der Waals surface area (Å²) in [5.74, 6) is -0.116. The number of hydrazone groups is 1. The third kappa shape index (κ3) is 3.32. The average molecular weight is 392 g/mol. The van der Waals surface area contributed by atoms with E-state index in [4.69, 9.17) is 11.6 Å². The van der Waals surface area contributed by atoms with Gasteiger partial charge >= 0.3 is 0 Å². The van der Waals surface area contributed by atoms with E-state index in [0.717, 1.165) is 11.3 Å². The third-order valence-electron chi connectivity index (χ3n) is 4.62. The maximum absolute atomic E-state index is 13.2. The summed E-state index contributed by atoms with van der Waals surface area (Å²) < 4.78 is 0. The van der Waals surface area contributed by atoms with Crippen LogP contribution in [0.15, 0.2) is 77.9 Å². The Morgan fingerprint density at radius 3 is 2.61 bits per heavy atom. The Labute approximate surface area is 167 Å². The molecule has 6 heteroatoms. The second kappa shape index (κ2) is 7.37. The number of aromatic hydroxyl groups is 1. The van der Waals surface area contributed by atoms with Gasteiger partial charge in [-0.2, -0.15) is 5.10 Å². The minimum absolute atomic E-state index is 0.112. The molecule has 28 heavy (non-hydrogen) atoms. The highest BCUT2D eigenvalue weighted by Crippen LogP contribution is 2.34. The van der Waals surface area contributed by atoms with Crippen molar-refractivity contribution in [1.82, 2.24) is 5.01 Å². The molecular formula is C22H18ClN3O2. The first-order valence-corrected chi connectivity index (χ1v) is 9.20. The monoisotopic (exact) mass is 391 g/mol. The summed E-state index contributed by atoms with van der Waals surface area (Å²) in [5, 5.41) is 20.0. The number of carbonyl (C=O) groups is 1. The maximum Gasteiger partial charge on any atom is 0.278 e. The molecule has 2 N–H and O–H groups in total. The minimum Gasteiger partial charge on any atom is -0.507 e. The van der Waals surface area contributed by atoms with E-state index in [1.807, 2.05) is 36.4 Å². The number of nitrogens with zero attached hydrogens (tertiary/aromatic N) is 2. The lowest BCUT2D eigenvalue weighted by Crippen LogP contribution is -2.40. The summed E-state index contributed by atoms with van der Waals surface area (Å²) >= 11 is 6.17. The lowest BCUT2D eigenvalue weighted by Gasteiger charge is -2.35. The van der Waals surface area contributed by atoms with Crippen LogP contribution in [0.1, 0.15) is 34.6 Å². The first-order valence-electron chi connectivity index (χ1n) is 8.83. The van der Waals surface area contributed by atoms with Gasteiger partial charge in [-0.05, 0) is 48.9 Å². The van der Waals surface area contributed by atoms with Gasteiger partial charge in [0.25, 0.3) is 5.91 Å². The van der Waals surface area contributed by atoms with E-state index in [1.54, 1.807) is 43.3 Å². The smallest absolute Gasteiger partial charge is 0.278 e. The number of amides is 1. The van der Waals surface area contributed by atoms with Crippen LogP contribution < -0.4 is 5.32 Å². The number of rotatable bonds is 3. The van der Waals surface area contributed by atoms with E-state index < -0.39 is 6.17 Å². The first-order chi connectivity index (χ1) is 13.5. The van der Waals surface area contributed by atoms with Gasteiger partial charge in [-0.1, -0.05) is 48.0 Å². The van der Waals surface area contributed by atoms with Gasteiger partial charge in [0, 0.05) is 16.3 Å². The van der Waals surface area contributed by atoms with Gasteiger partial charge in [0.1, 0.15) is 5.75 Å². The quantitative estimate of drug-likeness (QED) is 0.615. The molecule has 0 aliphatic carbocycles. The maximum atomic E-state index is 13.2. The molecule has 1 atom stereocenters. The Morgan fingerprint density at radius 2 is 1.82 bits per heavy atom. The molecule has 4 rings (SSSR count). The number of para-hydroxylation sites is 2. The zero-order valence-electron chi connectivity index (χ0n) is 15.1. The van der Waals surface area contributed by atoms with E-state index >= 15 is 0 Å². The highest BCUT2D eigenvalue weighted by Gasteiger charge is 2.33. The van der Waals surface area contributed by atoms with E-state index in [9.17, 15) is 9.90 Å². The van der Waals surface area contributed by atoms with Crippen LogP contribution >= 0.6 is 11.6 Å². The van der Waals surface area contributed by atoms with Gasteiger partial charge in [-0.25, -0.2) is 5.01 Å². The van der Waals surface area contributed by atoms with Crippen LogP contribution in [0.5, 0.6) is 5.75 Å². The Balaban J connectivity index is 1.82. The number of phenols is 1. The van der Waals surface area contributed by atoms with Crippen molar-refractivity contribution in [1.29, 1.82) is 0 Å². The Morgan fingerprint density at radius 1 is 1.07 bits per heavy atom. The van der Waals surface area contributed by atoms with Crippen LogP contribution in [0.25, 0.3) is 0 Å². The first kappa shape index (κ1) is 18.1. The molecule has 0 bridgehead atoms. The van der Waals surface area contributed by atoms with Crippen molar-refractivity contribution in [3.8, 4) is 5.75 Å². The predicted molar refractivity (Wildman–Crippen MR) is 111 cm³/mol. The number of halogens is 1. The van der Waals surface area contributed by atoms with Gasteiger partial charge in [0.05, 0.1) is 11.3 Å². The standard InChI is InChI=1S/C22H18ClN3O2/c1-14(17-9-3-5-12-20(17)27)25-26-21(15-7-6-8-16(23)13-15)24-19-11-4-2-10-18(19)22(26)28/h2-13,21,24,27H,1H3/b25-14+/t21-/m1/s1. The molecule has 3 aromatic carbocycles. The number of fused-ring (bicyclic) bond motifs is 1. The molecule has 0 radical (unpaired) electrons. The molecule has 0 unspecified atom stereocenters. The van der Waals surface area contributed by atoms with Crippen molar-refractivity contribution >= 4 is 28.9 Å². The van der Waals surface area contributed by atoms with Gasteiger partial charge in [0.15, 0.2) is 6.17 Å². The number of nitrogens with one attached hydrogen (secondary N) is 1. The second-order valence-corrected chi connectivity index (χ2v) is 6.94. The summed E-state index contributed by atoms with van der Waals surface area (Å²) in [7, 11) is 0. The van der Waals surface area contributed by atoms with E-state index in [0.29, 0.717) is 21.9 Å². The number of hydrogen-bond donors (Lipinski definition) is 2. The topological polar surface area (TPSA) is 64.9 Å². The lowest BCUT2D eigenvalue weighted by atomic mass is 10.0. The van der Waals surface area contributed by atoms with Crippen molar-refractivity contribution in [2.75, 3.05) is 5.32 Å². The molecule has 0 spiro atoms. The fraction of sp³-hybridized carbons (Fsp3) is 0.0909. The SMILES string of the molecule is C/C(=N\N1C(=O)c2ccccc2N[C@H]1c1cccc(Cl)c1)c1ccccc1O. The normalized spacial score (nSPS) is 16.5. The third-order valence-corrected chi connectivity index (χ3v) is 4.85. The number of anilines is 1. The fourth-order valence-electron chi connectivity index (χ4n) is 3.24. The van der Waals surface area contributed by atoms with E-state index in [-0.39, 0.29) is 11.7 Å². The van der Waals surface area contributed by atoms with Crippen molar-refractivity contribution in [3.05, 3.63) is 94.5 Å². The Bertz CT molecular complexity index is 1080.